The molecule has 0 atom stereocenters. The number of hydrogen-bond donors (Lipinski definition) is 1. The minimum atomic E-state index is -0.270. The van der Waals surface area contributed by atoms with Crippen LogP contribution in [0.5, 0.6) is 0 Å². The SMILES string of the molecule is Cn1cc(C(=O)Nc2ccc(/C=C/C(=O)N3CCC=C(c4ccccc4)CC3)cn2)cn1. The van der Waals surface area contributed by atoms with E-state index in [1.165, 1.54) is 17.3 Å². The van der Waals surface area contributed by atoms with Crippen LogP contribution in [0.3, 0.4) is 0 Å². The number of nitrogens with zero attached hydrogens (tertiary/aromatic N) is 4. The third kappa shape index (κ3) is 5.37. The Morgan fingerprint density at radius 2 is 1.91 bits per heavy atom. The van der Waals surface area contributed by atoms with Crippen molar-refractivity contribution in [1.29, 1.82) is 0 Å². The molecule has 0 bridgehead atoms. The van der Waals surface area contributed by atoms with Crippen molar-refractivity contribution in [2.75, 3.05) is 18.4 Å². The van der Waals surface area contributed by atoms with Gasteiger partial charge >= 0.3 is 0 Å². The summed E-state index contributed by atoms with van der Waals surface area (Å²) in [4.78, 5) is 31.0. The van der Waals surface area contributed by atoms with E-state index >= 15 is 0 Å². The Morgan fingerprint density at radius 1 is 1.06 bits per heavy atom. The fraction of sp³-hybridized carbons (Fsp3) is 0.200. The van der Waals surface area contributed by atoms with Crippen molar-refractivity contribution in [2.24, 2.45) is 7.05 Å². The Morgan fingerprint density at radius 3 is 2.62 bits per heavy atom. The van der Waals surface area contributed by atoms with Gasteiger partial charge < -0.3 is 10.2 Å². The summed E-state index contributed by atoms with van der Waals surface area (Å²) in [7, 11) is 1.75. The standard InChI is InChI=1S/C25H25N5O2/c1-29-18-22(17-27-29)25(32)28-23-11-9-19(16-26-23)10-12-24(31)30-14-5-8-21(13-15-30)20-6-3-2-4-7-20/h2-4,6-12,16-18H,5,13-15H2,1H3,(H,26,28,32)/b12-10+. The van der Waals surface area contributed by atoms with Gasteiger partial charge in [-0.3, -0.25) is 14.3 Å². The number of benzene rings is 1. The van der Waals surface area contributed by atoms with E-state index in [0.29, 0.717) is 24.5 Å². The summed E-state index contributed by atoms with van der Waals surface area (Å²) in [5, 5.41) is 6.72. The fourth-order valence-corrected chi connectivity index (χ4v) is 3.58. The second-order valence-corrected chi connectivity index (χ2v) is 7.63. The number of pyridine rings is 1. The maximum Gasteiger partial charge on any atom is 0.260 e. The van der Waals surface area contributed by atoms with Gasteiger partial charge in [0.05, 0.1) is 11.8 Å². The van der Waals surface area contributed by atoms with Crippen LogP contribution in [0.15, 0.2) is 73.2 Å². The van der Waals surface area contributed by atoms with Crippen LogP contribution in [0.25, 0.3) is 11.6 Å². The van der Waals surface area contributed by atoms with E-state index in [-0.39, 0.29) is 11.8 Å². The zero-order chi connectivity index (χ0) is 22.3. The van der Waals surface area contributed by atoms with E-state index in [9.17, 15) is 9.59 Å². The van der Waals surface area contributed by atoms with Gasteiger partial charge in [-0.1, -0.05) is 36.4 Å². The van der Waals surface area contributed by atoms with E-state index in [2.05, 4.69) is 33.6 Å². The molecule has 0 fully saturated rings. The highest BCUT2D eigenvalue weighted by Gasteiger charge is 2.15. The zero-order valence-electron chi connectivity index (χ0n) is 17.9. The summed E-state index contributed by atoms with van der Waals surface area (Å²) in [6.45, 7) is 1.40. The molecule has 1 aromatic carbocycles. The number of aromatic nitrogens is 3. The van der Waals surface area contributed by atoms with Gasteiger partial charge in [-0.2, -0.15) is 5.10 Å². The second kappa shape index (κ2) is 9.87. The largest absolute Gasteiger partial charge is 0.339 e. The predicted octanol–water partition coefficient (Wildman–Crippen LogP) is 3.79. The molecule has 1 aliphatic rings. The van der Waals surface area contributed by atoms with Gasteiger partial charge in [0.2, 0.25) is 5.91 Å². The number of carbonyl (C=O) groups is 2. The minimum Gasteiger partial charge on any atom is -0.339 e. The molecule has 0 saturated carbocycles. The molecule has 3 heterocycles. The Bertz CT molecular complexity index is 1150. The summed E-state index contributed by atoms with van der Waals surface area (Å²) in [6, 6.07) is 13.8. The van der Waals surface area contributed by atoms with E-state index in [1.807, 2.05) is 29.2 Å². The Labute approximate surface area is 187 Å². The quantitative estimate of drug-likeness (QED) is 0.629. The molecule has 0 spiro atoms. The fourth-order valence-electron chi connectivity index (χ4n) is 3.58. The third-order valence-corrected chi connectivity index (χ3v) is 5.31. The first-order chi connectivity index (χ1) is 15.6. The number of aryl methyl sites for hydroxylation is 1. The molecule has 0 unspecified atom stereocenters. The van der Waals surface area contributed by atoms with Gasteiger partial charge in [0, 0.05) is 38.6 Å². The van der Waals surface area contributed by atoms with E-state index < -0.39 is 0 Å². The van der Waals surface area contributed by atoms with E-state index in [1.54, 1.807) is 42.3 Å². The monoisotopic (exact) mass is 427 g/mol. The van der Waals surface area contributed by atoms with Gasteiger partial charge in [-0.05, 0) is 47.8 Å². The maximum absolute atomic E-state index is 12.7. The van der Waals surface area contributed by atoms with Crippen LogP contribution < -0.4 is 5.32 Å². The summed E-state index contributed by atoms with van der Waals surface area (Å²) in [5.74, 6) is 0.157. The lowest BCUT2D eigenvalue weighted by molar-refractivity contribution is -0.125. The smallest absolute Gasteiger partial charge is 0.260 e. The molecule has 1 aliphatic heterocycles. The zero-order valence-corrected chi connectivity index (χ0v) is 17.9. The number of rotatable bonds is 5. The molecule has 0 saturated heterocycles. The molecule has 2 aromatic heterocycles. The normalized spacial score (nSPS) is 14.2. The molecule has 2 amide bonds. The lowest BCUT2D eigenvalue weighted by Gasteiger charge is -2.18. The lowest BCUT2D eigenvalue weighted by atomic mass is 10.0. The Balaban J connectivity index is 1.31. The van der Waals surface area contributed by atoms with Crippen LogP contribution in [0, 0.1) is 0 Å². The van der Waals surface area contributed by atoms with Gasteiger partial charge in [-0.15, -0.1) is 0 Å². The van der Waals surface area contributed by atoms with Gasteiger partial charge in [0.25, 0.3) is 5.91 Å². The average Bonchev–Trinajstić information content (AvgIpc) is 3.11. The second-order valence-electron chi connectivity index (χ2n) is 7.63. The minimum absolute atomic E-state index is 0.0123. The molecule has 0 aliphatic carbocycles. The molecule has 4 rings (SSSR count). The first-order valence-electron chi connectivity index (χ1n) is 10.6. The van der Waals surface area contributed by atoms with Gasteiger partial charge in [0.1, 0.15) is 5.82 Å². The number of amides is 2. The van der Waals surface area contributed by atoms with Crippen molar-refractivity contribution in [3.8, 4) is 0 Å². The molecular formula is C25H25N5O2. The summed E-state index contributed by atoms with van der Waals surface area (Å²) < 4.78 is 1.57. The van der Waals surface area contributed by atoms with E-state index in [0.717, 1.165) is 18.4 Å². The number of hydrogen-bond acceptors (Lipinski definition) is 4. The summed E-state index contributed by atoms with van der Waals surface area (Å²) in [5.41, 5.74) is 3.76. The first kappa shape index (κ1) is 21.2. The molecule has 32 heavy (non-hydrogen) atoms. The maximum atomic E-state index is 12.7. The van der Waals surface area contributed by atoms with Crippen molar-refractivity contribution >= 4 is 29.3 Å². The van der Waals surface area contributed by atoms with Crippen LogP contribution in [-0.4, -0.2) is 44.6 Å². The van der Waals surface area contributed by atoms with Crippen LogP contribution in [0.2, 0.25) is 0 Å². The highest BCUT2D eigenvalue weighted by Crippen LogP contribution is 2.22. The van der Waals surface area contributed by atoms with Crippen LogP contribution in [0.1, 0.15) is 34.3 Å². The van der Waals surface area contributed by atoms with Crippen LogP contribution in [0.4, 0.5) is 5.82 Å². The molecule has 0 radical (unpaired) electrons. The lowest BCUT2D eigenvalue weighted by Crippen LogP contribution is -2.30. The van der Waals surface area contributed by atoms with Gasteiger partial charge in [-0.25, -0.2) is 4.98 Å². The van der Waals surface area contributed by atoms with Crippen molar-refractivity contribution in [1.82, 2.24) is 19.7 Å². The Hall–Kier alpha value is -4.00. The molecular weight excluding hydrogens is 402 g/mol. The molecule has 162 valence electrons. The van der Waals surface area contributed by atoms with Gasteiger partial charge in [0.15, 0.2) is 0 Å². The van der Waals surface area contributed by atoms with Crippen molar-refractivity contribution in [2.45, 2.75) is 12.8 Å². The number of anilines is 1. The van der Waals surface area contributed by atoms with Crippen LogP contribution in [-0.2, 0) is 11.8 Å². The summed E-state index contributed by atoms with van der Waals surface area (Å²) in [6.07, 6.45) is 12.0. The topological polar surface area (TPSA) is 80.1 Å². The van der Waals surface area contributed by atoms with Crippen molar-refractivity contribution < 1.29 is 9.59 Å². The molecule has 7 heteroatoms. The number of carbonyl (C=O) groups excluding carboxylic acids is 2. The average molecular weight is 428 g/mol. The molecule has 3 aromatic rings. The predicted molar refractivity (Wildman–Crippen MR) is 125 cm³/mol. The van der Waals surface area contributed by atoms with Crippen LogP contribution >= 0.6 is 0 Å². The molecule has 1 N–H and O–H groups in total. The first-order valence-corrected chi connectivity index (χ1v) is 10.6. The third-order valence-electron chi connectivity index (χ3n) is 5.31. The number of nitrogens with one attached hydrogen (secondary N) is 1. The highest BCUT2D eigenvalue weighted by atomic mass is 16.2. The van der Waals surface area contributed by atoms with E-state index in [4.69, 9.17) is 0 Å². The Kier molecular flexibility index (Phi) is 6.55. The van der Waals surface area contributed by atoms with Crippen molar-refractivity contribution in [3.63, 3.8) is 0 Å². The van der Waals surface area contributed by atoms with Crippen molar-refractivity contribution in [3.05, 3.63) is 89.9 Å². The summed E-state index contributed by atoms with van der Waals surface area (Å²) >= 11 is 0. The highest BCUT2D eigenvalue weighted by molar-refractivity contribution is 6.03. The molecule has 7 nitrogen and oxygen atoms in total.